The molecule has 1 rings (SSSR count). The molecule has 0 atom stereocenters. The summed E-state index contributed by atoms with van der Waals surface area (Å²) in [4.78, 5) is 4.07. The van der Waals surface area contributed by atoms with Gasteiger partial charge in [0.25, 0.3) is 0 Å². The van der Waals surface area contributed by atoms with E-state index in [2.05, 4.69) is 15.6 Å². The molecule has 0 spiro atoms. The fourth-order valence-electron chi connectivity index (χ4n) is 1.90. The second kappa shape index (κ2) is 14.4. The summed E-state index contributed by atoms with van der Waals surface area (Å²) in [6.07, 6.45) is 1.22. The van der Waals surface area contributed by atoms with Crippen LogP contribution in [0.25, 0.3) is 0 Å². The SMILES string of the molecule is CN=C(NCCCOCCOC)NCCc1cccc(F)c1F.I. The third-order valence-electron chi connectivity index (χ3n) is 3.13. The Morgan fingerprint density at radius 2 is 1.88 bits per heavy atom. The van der Waals surface area contributed by atoms with Crippen LogP contribution < -0.4 is 10.6 Å². The standard InChI is InChI=1S/C16H25F2N3O2.HI/c1-19-16(20-8-4-10-23-12-11-22-2)21-9-7-13-5-3-6-14(17)15(13)18;/h3,5-6H,4,7-12H2,1-2H3,(H2,19,20,21);1H. The molecule has 0 fully saturated rings. The van der Waals surface area contributed by atoms with Crippen molar-refractivity contribution in [2.45, 2.75) is 12.8 Å². The first kappa shape index (κ1) is 23.0. The van der Waals surface area contributed by atoms with E-state index in [-0.39, 0.29) is 24.0 Å². The molecule has 0 radical (unpaired) electrons. The van der Waals surface area contributed by atoms with Crippen LogP contribution in [-0.4, -0.2) is 53.0 Å². The third kappa shape index (κ3) is 9.33. The first-order valence-corrected chi connectivity index (χ1v) is 7.63. The van der Waals surface area contributed by atoms with E-state index < -0.39 is 11.6 Å². The molecule has 0 bridgehead atoms. The maximum Gasteiger partial charge on any atom is 0.190 e. The predicted molar refractivity (Wildman–Crippen MR) is 102 cm³/mol. The van der Waals surface area contributed by atoms with Gasteiger partial charge in [-0.2, -0.15) is 0 Å². The largest absolute Gasteiger partial charge is 0.382 e. The molecule has 138 valence electrons. The molecule has 0 saturated carbocycles. The van der Waals surface area contributed by atoms with E-state index in [1.54, 1.807) is 20.2 Å². The fourth-order valence-corrected chi connectivity index (χ4v) is 1.90. The summed E-state index contributed by atoms with van der Waals surface area (Å²) >= 11 is 0. The van der Waals surface area contributed by atoms with Crippen LogP contribution in [0.4, 0.5) is 8.78 Å². The van der Waals surface area contributed by atoms with Gasteiger partial charge in [-0.15, -0.1) is 24.0 Å². The summed E-state index contributed by atoms with van der Waals surface area (Å²) in [5.41, 5.74) is 0.347. The van der Waals surface area contributed by atoms with Crippen LogP contribution in [0.3, 0.4) is 0 Å². The van der Waals surface area contributed by atoms with Gasteiger partial charge < -0.3 is 20.1 Å². The first-order chi connectivity index (χ1) is 11.2. The van der Waals surface area contributed by atoms with E-state index in [0.717, 1.165) is 12.5 Å². The smallest absolute Gasteiger partial charge is 0.190 e. The minimum absolute atomic E-state index is 0. The molecule has 1 aromatic rings. The summed E-state index contributed by atoms with van der Waals surface area (Å²) in [7, 11) is 3.30. The summed E-state index contributed by atoms with van der Waals surface area (Å²) in [5.74, 6) is -0.984. The van der Waals surface area contributed by atoms with Gasteiger partial charge >= 0.3 is 0 Å². The van der Waals surface area contributed by atoms with E-state index in [1.165, 1.54) is 6.07 Å². The highest BCUT2D eigenvalue weighted by atomic mass is 127. The Morgan fingerprint density at radius 3 is 2.58 bits per heavy atom. The van der Waals surface area contributed by atoms with Crippen LogP contribution >= 0.6 is 24.0 Å². The highest BCUT2D eigenvalue weighted by Crippen LogP contribution is 2.11. The predicted octanol–water partition coefficient (Wildman–Crippen LogP) is 2.34. The van der Waals surface area contributed by atoms with E-state index in [4.69, 9.17) is 9.47 Å². The molecule has 0 amide bonds. The number of guanidine groups is 1. The lowest BCUT2D eigenvalue weighted by molar-refractivity contribution is 0.0698. The molecule has 24 heavy (non-hydrogen) atoms. The van der Waals surface area contributed by atoms with Crippen LogP contribution in [0.2, 0.25) is 0 Å². The van der Waals surface area contributed by atoms with Crippen LogP contribution in [-0.2, 0) is 15.9 Å². The van der Waals surface area contributed by atoms with Crippen molar-refractivity contribution < 1.29 is 18.3 Å². The van der Waals surface area contributed by atoms with Gasteiger partial charge in [-0.25, -0.2) is 8.78 Å². The number of hydrogen-bond donors (Lipinski definition) is 2. The monoisotopic (exact) mass is 457 g/mol. The molecule has 0 saturated heterocycles. The number of aliphatic imine (C=N–C) groups is 1. The van der Waals surface area contributed by atoms with Gasteiger partial charge in [0, 0.05) is 33.9 Å². The second-order valence-electron chi connectivity index (χ2n) is 4.85. The van der Waals surface area contributed by atoms with Gasteiger partial charge in [0.2, 0.25) is 0 Å². The van der Waals surface area contributed by atoms with Crippen molar-refractivity contribution in [3.63, 3.8) is 0 Å². The molecule has 8 heteroatoms. The van der Waals surface area contributed by atoms with E-state index >= 15 is 0 Å². The maximum absolute atomic E-state index is 13.5. The van der Waals surface area contributed by atoms with Gasteiger partial charge in [-0.05, 0) is 24.5 Å². The lowest BCUT2D eigenvalue weighted by Crippen LogP contribution is -2.39. The number of benzene rings is 1. The molecule has 0 heterocycles. The number of ether oxygens (including phenoxy) is 2. The van der Waals surface area contributed by atoms with Gasteiger partial charge in [0.05, 0.1) is 13.2 Å². The maximum atomic E-state index is 13.5. The zero-order chi connectivity index (χ0) is 16.9. The van der Waals surface area contributed by atoms with Crippen LogP contribution in [0.1, 0.15) is 12.0 Å². The molecular formula is C16H26F2IN3O2. The second-order valence-corrected chi connectivity index (χ2v) is 4.85. The van der Waals surface area contributed by atoms with Gasteiger partial charge in [0.1, 0.15) is 0 Å². The number of nitrogens with one attached hydrogen (secondary N) is 2. The summed E-state index contributed by atoms with van der Waals surface area (Å²) in [5, 5.41) is 6.20. The summed E-state index contributed by atoms with van der Waals surface area (Å²) < 4.78 is 36.8. The van der Waals surface area contributed by atoms with Crippen LogP contribution in [0.5, 0.6) is 0 Å². The number of methoxy groups -OCH3 is 1. The lowest BCUT2D eigenvalue weighted by Gasteiger charge is -2.12. The van der Waals surface area contributed by atoms with Crippen molar-refractivity contribution >= 4 is 29.9 Å². The van der Waals surface area contributed by atoms with Crippen molar-refractivity contribution in [3.05, 3.63) is 35.4 Å². The Bertz CT molecular complexity index is 490. The van der Waals surface area contributed by atoms with E-state index in [0.29, 0.717) is 50.9 Å². The quantitative estimate of drug-likeness (QED) is 0.245. The molecule has 0 aliphatic heterocycles. The minimum atomic E-state index is -0.821. The topological polar surface area (TPSA) is 54.9 Å². The first-order valence-electron chi connectivity index (χ1n) is 7.63. The molecule has 2 N–H and O–H groups in total. The third-order valence-corrected chi connectivity index (χ3v) is 3.13. The van der Waals surface area contributed by atoms with Gasteiger partial charge in [-0.3, -0.25) is 4.99 Å². The summed E-state index contributed by atoms with van der Waals surface area (Å²) in [6.45, 7) is 2.99. The normalized spacial score (nSPS) is 11.1. The molecular weight excluding hydrogens is 431 g/mol. The molecule has 0 unspecified atom stereocenters. The lowest BCUT2D eigenvalue weighted by atomic mass is 10.1. The minimum Gasteiger partial charge on any atom is -0.382 e. The number of rotatable bonds is 10. The van der Waals surface area contributed by atoms with Crippen molar-refractivity contribution in [1.82, 2.24) is 10.6 Å². The average molecular weight is 457 g/mol. The molecule has 1 aromatic carbocycles. The molecule has 0 aliphatic rings. The van der Waals surface area contributed by atoms with E-state index in [9.17, 15) is 8.78 Å². The Morgan fingerprint density at radius 1 is 1.12 bits per heavy atom. The highest BCUT2D eigenvalue weighted by molar-refractivity contribution is 14.0. The highest BCUT2D eigenvalue weighted by Gasteiger charge is 2.07. The van der Waals surface area contributed by atoms with Crippen LogP contribution in [0, 0.1) is 11.6 Å². The van der Waals surface area contributed by atoms with Crippen LogP contribution in [0.15, 0.2) is 23.2 Å². The zero-order valence-corrected chi connectivity index (χ0v) is 16.4. The Kier molecular flexibility index (Phi) is 13.8. The van der Waals surface area contributed by atoms with Crippen molar-refractivity contribution in [1.29, 1.82) is 0 Å². The average Bonchev–Trinajstić information content (AvgIpc) is 2.56. The number of nitrogens with zero attached hydrogens (tertiary/aromatic N) is 1. The van der Waals surface area contributed by atoms with Gasteiger partial charge in [-0.1, -0.05) is 12.1 Å². The van der Waals surface area contributed by atoms with Crippen molar-refractivity contribution in [2.24, 2.45) is 4.99 Å². The Hall–Kier alpha value is -1.00. The fraction of sp³-hybridized carbons (Fsp3) is 0.562. The van der Waals surface area contributed by atoms with Crippen molar-refractivity contribution in [2.75, 3.05) is 47.1 Å². The molecule has 0 aromatic heterocycles. The number of hydrogen-bond acceptors (Lipinski definition) is 3. The van der Waals surface area contributed by atoms with E-state index in [1.807, 2.05) is 0 Å². The molecule has 5 nitrogen and oxygen atoms in total. The Balaban J connectivity index is 0.00000529. The Labute approximate surface area is 159 Å². The zero-order valence-electron chi connectivity index (χ0n) is 14.1. The number of halogens is 3. The van der Waals surface area contributed by atoms with Gasteiger partial charge in [0.15, 0.2) is 17.6 Å². The summed E-state index contributed by atoms with van der Waals surface area (Å²) in [6, 6.07) is 4.19. The molecule has 0 aliphatic carbocycles. The van der Waals surface area contributed by atoms with Crippen molar-refractivity contribution in [3.8, 4) is 0 Å².